The first-order chi connectivity index (χ1) is 9.08. The number of hydrogen-bond acceptors (Lipinski definition) is 2. The summed E-state index contributed by atoms with van der Waals surface area (Å²) in [6.07, 6.45) is 3.93. The van der Waals surface area contributed by atoms with Crippen LogP contribution in [-0.2, 0) is 11.2 Å². The summed E-state index contributed by atoms with van der Waals surface area (Å²) in [6.45, 7) is 3.77. The minimum Gasteiger partial charge on any atom is -0.480 e. The standard InChI is InChI=1S/C15H20ClNO2/c1-11-5-6-13(16)9-12(11)10-14(15(18)19)17-7-3-2-4-8-17/h5-6,9,14H,2-4,7-8,10H2,1H3,(H,18,19)/t14-/m0/s1. The third-order valence-electron chi connectivity index (χ3n) is 3.84. The van der Waals surface area contributed by atoms with E-state index in [9.17, 15) is 9.90 Å². The number of aryl methyl sites for hydroxylation is 1. The maximum absolute atomic E-state index is 11.5. The molecule has 3 nitrogen and oxygen atoms in total. The maximum atomic E-state index is 11.5. The second kappa shape index (κ2) is 6.40. The molecule has 1 heterocycles. The predicted octanol–water partition coefficient (Wildman–Crippen LogP) is 3.13. The first-order valence-electron chi connectivity index (χ1n) is 6.80. The average Bonchev–Trinajstić information content (AvgIpc) is 2.40. The van der Waals surface area contributed by atoms with Crippen molar-refractivity contribution in [1.82, 2.24) is 4.90 Å². The van der Waals surface area contributed by atoms with Gasteiger partial charge in [-0.3, -0.25) is 9.69 Å². The van der Waals surface area contributed by atoms with Gasteiger partial charge in [0.05, 0.1) is 0 Å². The van der Waals surface area contributed by atoms with Crippen molar-refractivity contribution in [2.45, 2.75) is 38.6 Å². The Morgan fingerprint density at radius 1 is 1.37 bits per heavy atom. The van der Waals surface area contributed by atoms with Crippen molar-refractivity contribution in [3.05, 3.63) is 34.3 Å². The average molecular weight is 282 g/mol. The molecule has 1 aromatic rings. The van der Waals surface area contributed by atoms with E-state index in [4.69, 9.17) is 11.6 Å². The molecule has 0 spiro atoms. The molecule has 0 aromatic heterocycles. The zero-order valence-electron chi connectivity index (χ0n) is 11.2. The van der Waals surface area contributed by atoms with Crippen LogP contribution in [0.3, 0.4) is 0 Å². The van der Waals surface area contributed by atoms with Gasteiger partial charge in [-0.25, -0.2) is 0 Å². The normalized spacial score (nSPS) is 18.2. The fourth-order valence-electron chi connectivity index (χ4n) is 2.67. The molecule has 1 fully saturated rings. The first kappa shape index (κ1) is 14.4. The number of halogens is 1. The van der Waals surface area contributed by atoms with Crippen LogP contribution in [0.2, 0.25) is 5.02 Å². The lowest BCUT2D eigenvalue weighted by Gasteiger charge is -2.32. The molecule has 0 unspecified atom stereocenters. The summed E-state index contributed by atoms with van der Waals surface area (Å²) >= 11 is 6.00. The van der Waals surface area contributed by atoms with Crippen molar-refractivity contribution in [2.24, 2.45) is 0 Å². The quantitative estimate of drug-likeness (QED) is 0.922. The number of carboxylic acid groups (broad SMARTS) is 1. The minimum atomic E-state index is -0.735. The molecule has 1 N–H and O–H groups in total. The van der Waals surface area contributed by atoms with Crippen LogP contribution in [0.25, 0.3) is 0 Å². The van der Waals surface area contributed by atoms with Crippen LogP contribution in [0.5, 0.6) is 0 Å². The molecule has 104 valence electrons. The van der Waals surface area contributed by atoms with Crippen LogP contribution in [0.1, 0.15) is 30.4 Å². The highest BCUT2D eigenvalue weighted by Gasteiger charge is 2.27. The SMILES string of the molecule is Cc1ccc(Cl)cc1C[C@@H](C(=O)O)N1CCCCC1. The molecule has 1 saturated heterocycles. The fourth-order valence-corrected chi connectivity index (χ4v) is 2.87. The van der Waals surface area contributed by atoms with Gasteiger partial charge >= 0.3 is 5.97 Å². The molecular weight excluding hydrogens is 262 g/mol. The summed E-state index contributed by atoms with van der Waals surface area (Å²) in [5.41, 5.74) is 2.14. The molecule has 19 heavy (non-hydrogen) atoms. The smallest absolute Gasteiger partial charge is 0.321 e. The Hall–Kier alpha value is -1.06. The lowest BCUT2D eigenvalue weighted by atomic mass is 9.98. The van der Waals surface area contributed by atoms with Crippen LogP contribution in [-0.4, -0.2) is 35.1 Å². The number of carboxylic acids is 1. The Bertz CT molecular complexity index is 455. The molecule has 1 aliphatic heterocycles. The van der Waals surface area contributed by atoms with E-state index in [1.807, 2.05) is 25.1 Å². The fraction of sp³-hybridized carbons (Fsp3) is 0.533. The molecule has 4 heteroatoms. The molecular formula is C15H20ClNO2. The zero-order chi connectivity index (χ0) is 13.8. The number of aliphatic carboxylic acids is 1. The van der Waals surface area contributed by atoms with Gasteiger partial charge in [0.1, 0.15) is 6.04 Å². The van der Waals surface area contributed by atoms with Gasteiger partial charge in [0, 0.05) is 5.02 Å². The van der Waals surface area contributed by atoms with Crippen molar-refractivity contribution >= 4 is 17.6 Å². The summed E-state index contributed by atoms with van der Waals surface area (Å²) in [7, 11) is 0. The van der Waals surface area contributed by atoms with E-state index in [1.54, 1.807) is 0 Å². The Balaban J connectivity index is 2.15. The Labute approximate surface area is 119 Å². The summed E-state index contributed by atoms with van der Waals surface area (Å²) in [6, 6.07) is 5.25. The highest BCUT2D eigenvalue weighted by atomic mass is 35.5. The first-order valence-corrected chi connectivity index (χ1v) is 7.17. The topological polar surface area (TPSA) is 40.5 Å². The number of rotatable bonds is 4. The van der Waals surface area contributed by atoms with Crippen molar-refractivity contribution in [3.8, 4) is 0 Å². The summed E-state index contributed by atoms with van der Waals surface area (Å²) < 4.78 is 0. The third kappa shape index (κ3) is 3.71. The zero-order valence-corrected chi connectivity index (χ0v) is 12.0. The molecule has 0 aliphatic carbocycles. The largest absolute Gasteiger partial charge is 0.480 e. The molecule has 1 atom stereocenters. The van der Waals surface area contributed by atoms with E-state index in [-0.39, 0.29) is 0 Å². The minimum absolute atomic E-state index is 0.433. The van der Waals surface area contributed by atoms with Gasteiger partial charge in [0.15, 0.2) is 0 Å². The summed E-state index contributed by atoms with van der Waals surface area (Å²) in [5.74, 6) is -0.735. The maximum Gasteiger partial charge on any atom is 0.321 e. The number of hydrogen-bond donors (Lipinski definition) is 1. The van der Waals surface area contributed by atoms with Gasteiger partial charge in [0.2, 0.25) is 0 Å². The van der Waals surface area contributed by atoms with E-state index in [0.717, 1.165) is 37.1 Å². The Morgan fingerprint density at radius 3 is 2.68 bits per heavy atom. The van der Waals surface area contributed by atoms with Crippen LogP contribution in [0, 0.1) is 6.92 Å². The number of carbonyl (C=O) groups is 1. The van der Waals surface area contributed by atoms with E-state index >= 15 is 0 Å². The van der Waals surface area contributed by atoms with Crippen LogP contribution in [0.4, 0.5) is 0 Å². The Kier molecular flexibility index (Phi) is 4.83. The van der Waals surface area contributed by atoms with Gasteiger partial charge in [0.25, 0.3) is 0 Å². The van der Waals surface area contributed by atoms with Gasteiger partial charge in [-0.1, -0.05) is 24.1 Å². The molecule has 0 radical (unpaired) electrons. The summed E-state index contributed by atoms with van der Waals surface area (Å²) in [5, 5.41) is 10.1. The van der Waals surface area contributed by atoms with Crippen LogP contribution >= 0.6 is 11.6 Å². The second-order valence-electron chi connectivity index (χ2n) is 5.23. The van der Waals surface area contributed by atoms with Crippen molar-refractivity contribution in [1.29, 1.82) is 0 Å². The Morgan fingerprint density at radius 2 is 2.05 bits per heavy atom. The number of piperidine rings is 1. The molecule has 0 amide bonds. The van der Waals surface area contributed by atoms with Crippen LogP contribution < -0.4 is 0 Å². The molecule has 1 aromatic carbocycles. The van der Waals surface area contributed by atoms with E-state index < -0.39 is 12.0 Å². The van der Waals surface area contributed by atoms with Crippen molar-refractivity contribution in [3.63, 3.8) is 0 Å². The van der Waals surface area contributed by atoms with Crippen LogP contribution in [0.15, 0.2) is 18.2 Å². The van der Waals surface area contributed by atoms with Gasteiger partial charge in [-0.15, -0.1) is 0 Å². The van der Waals surface area contributed by atoms with Crippen molar-refractivity contribution in [2.75, 3.05) is 13.1 Å². The molecule has 0 bridgehead atoms. The predicted molar refractivity (Wildman–Crippen MR) is 76.7 cm³/mol. The second-order valence-corrected chi connectivity index (χ2v) is 5.66. The molecule has 1 aliphatic rings. The summed E-state index contributed by atoms with van der Waals surface area (Å²) in [4.78, 5) is 13.6. The van der Waals surface area contributed by atoms with E-state index in [1.165, 1.54) is 6.42 Å². The number of benzene rings is 1. The van der Waals surface area contributed by atoms with Gasteiger partial charge in [-0.05, 0) is 62.5 Å². The number of nitrogens with zero attached hydrogens (tertiary/aromatic N) is 1. The molecule has 2 rings (SSSR count). The lowest BCUT2D eigenvalue weighted by molar-refractivity contribution is -0.143. The monoisotopic (exact) mass is 281 g/mol. The lowest BCUT2D eigenvalue weighted by Crippen LogP contribution is -2.45. The molecule has 0 saturated carbocycles. The van der Waals surface area contributed by atoms with Gasteiger partial charge < -0.3 is 5.11 Å². The highest BCUT2D eigenvalue weighted by Crippen LogP contribution is 2.20. The number of likely N-dealkylation sites (tertiary alicyclic amines) is 1. The highest BCUT2D eigenvalue weighted by molar-refractivity contribution is 6.30. The van der Waals surface area contributed by atoms with Gasteiger partial charge in [-0.2, -0.15) is 0 Å². The van der Waals surface area contributed by atoms with E-state index in [0.29, 0.717) is 11.4 Å². The van der Waals surface area contributed by atoms with E-state index in [2.05, 4.69) is 4.90 Å². The van der Waals surface area contributed by atoms with Crippen molar-refractivity contribution < 1.29 is 9.90 Å². The third-order valence-corrected chi connectivity index (χ3v) is 4.08.